The van der Waals surface area contributed by atoms with Crippen LogP contribution in [0.2, 0.25) is 0 Å². The third-order valence-corrected chi connectivity index (χ3v) is 2.67. The van der Waals surface area contributed by atoms with Crippen LogP contribution in [0.5, 0.6) is 5.75 Å². The fourth-order valence-electron chi connectivity index (χ4n) is 1.56. The zero-order valence-corrected chi connectivity index (χ0v) is 10.6. The number of methoxy groups -OCH3 is 1. The van der Waals surface area contributed by atoms with Gasteiger partial charge in [0.2, 0.25) is 0 Å². The molecule has 4 nitrogen and oxygen atoms in total. The highest BCUT2D eigenvalue weighted by atomic mass is 16.5. The molecule has 0 heterocycles. The van der Waals surface area contributed by atoms with Gasteiger partial charge in [-0.05, 0) is 31.5 Å². The van der Waals surface area contributed by atoms with Crippen molar-refractivity contribution < 1.29 is 14.9 Å². The summed E-state index contributed by atoms with van der Waals surface area (Å²) in [6.07, 6.45) is -1.01. The Morgan fingerprint density at radius 1 is 1.18 bits per heavy atom. The van der Waals surface area contributed by atoms with E-state index in [4.69, 9.17) is 9.84 Å². The lowest BCUT2D eigenvalue weighted by molar-refractivity contribution is 0.121. The van der Waals surface area contributed by atoms with E-state index in [2.05, 4.69) is 5.32 Å². The topological polar surface area (TPSA) is 61.7 Å². The van der Waals surface area contributed by atoms with Crippen LogP contribution >= 0.6 is 0 Å². The number of aliphatic hydroxyl groups excluding tert-OH is 2. The van der Waals surface area contributed by atoms with E-state index in [0.717, 1.165) is 11.3 Å². The van der Waals surface area contributed by atoms with Crippen molar-refractivity contribution in [3.63, 3.8) is 0 Å². The molecular weight excluding hydrogens is 218 g/mol. The third-order valence-electron chi connectivity index (χ3n) is 2.67. The first kappa shape index (κ1) is 14.0. The van der Waals surface area contributed by atoms with Gasteiger partial charge >= 0.3 is 0 Å². The molecule has 0 fully saturated rings. The summed E-state index contributed by atoms with van der Waals surface area (Å²) in [7, 11) is 1.61. The van der Waals surface area contributed by atoms with Crippen LogP contribution in [-0.2, 0) is 0 Å². The third kappa shape index (κ3) is 4.34. The summed E-state index contributed by atoms with van der Waals surface area (Å²) in [6.45, 7) is 4.06. The van der Waals surface area contributed by atoms with Gasteiger partial charge in [-0.3, -0.25) is 0 Å². The van der Waals surface area contributed by atoms with E-state index in [1.54, 1.807) is 14.0 Å². The molecule has 4 heteroatoms. The van der Waals surface area contributed by atoms with E-state index in [0.29, 0.717) is 6.54 Å². The maximum Gasteiger partial charge on any atom is 0.118 e. The molecule has 96 valence electrons. The molecule has 3 atom stereocenters. The minimum atomic E-state index is -0.598. The van der Waals surface area contributed by atoms with Gasteiger partial charge in [0, 0.05) is 12.6 Å². The predicted molar refractivity (Wildman–Crippen MR) is 67.1 cm³/mol. The van der Waals surface area contributed by atoms with Crippen molar-refractivity contribution in [3.8, 4) is 5.75 Å². The molecule has 0 radical (unpaired) electrons. The standard InChI is InChI=1S/C13H21NO3/c1-9(15)8-14-10(2)13(16)11-4-6-12(17-3)7-5-11/h4-7,9-10,13-16H,8H2,1-3H3. The number of nitrogens with one attached hydrogen (secondary N) is 1. The Bertz CT molecular complexity index is 324. The van der Waals surface area contributed by atoms with Gasteiger partial charge in [-0.1, -0.05) is 12.1 Å². The zero-order chi connectivity index (χ0) is 12.8. The number of hydrogen-bond donors (Lipinski definition) is 3. The number of hydrogen-bond acceptors (Lipinski definition) is 4. The zero-order valence-electron chi connectivity index (χ0n) is 10.6. The molecule has 0 amide bonds. The summed E-state index contributed by atoms with van der Waals surface area (Å²) in [4.78, 5) is 0. The van der Waals surface area contributed by atoms with Gasteiger partial charge in [-0.15, -0.1) is 0 Å². The Balaban J connectivity index is 2.58. The molecule has 0 bridgehead atoms. The van der Waals surface area contributed by atoms with Crippen LogP contribution in [0.4, 0.5) is 0 Å². The molecule has 1 rings (SSSR count). The monoisotopic (exact) mass is 239 g/mol. The van der Waals surface area contributed by atoms with E-state index in [9.17, 15) is 5.11 Å². The SMILES string of the molecule is COc1ccc(C(O)C(C)NCC(C)O)cc1. The Hall–Kier alpha value is -1.10. The maximum absolute atomic E-state index is 10.1. The van der Waals surface area contributed by atoms with Crippen molar-refractivity contribution >= 4 is 0 Å². The van der Waals surface area contributed by atoms with Gasteiger partial charge in [0.25, 0.3) is 0 Å². The van der Waals surface area contributed by atoms with Crippen LogP contribution in [0.25, 0.3) is 0 Å². The van der Waals surface area contributed by atoms with Crippen LogP contribution in [0.1, 0.15) is 25.5 Å². The van der Waals surface area contributed by atoms with E-state index >= 15 is 0 Å². The van der Waals surface area contributed by atoms with Crippen LogP contribution in [0.15, 0.2) is 24.3 Å². The van der Waals surface area contributed by atoms with Crippen LogP contribution in [0.3, 0.4) is 0 Å². The Labute approximate surface area is 102 Å². The van der Waals surface area contributed by atoms with E-state index in [1.165, 1.54) is 0 Å². The first-order chi connectivity index (χ1) is 8.04. The molecule has 3 unspecified atom stereocenters. The number of rotatable bonds is 6. The van der Waals surface area contributed by atoms with Crippen molar-refractivity contribution in [2.75, 3.05) is 13.7 Å². The molecular formula is C13H21NO3. The maximum atomic E-state index is 10.1. The Morgan fingerprint density at radius 3 is 2.24 bits per heavy atom. The fourth-order valence-corrected chi connectivity index (χ4v) is 1.56. The Kier molecular flexibility index (Phi) is 5.41. The second kappa shape index (κ2) is 6.59. The van der Waals surface area contributed by atoms with Gasteiger partial charge in [-0.25, -0.2) is 0 Å². The summed E-state index contributed by atoms with van der Waals surface area (Å²) >= 11 is 0. The van der Waals surface area contributed by atoms with Crippen molar-refractivity contribution in [2.45, 2.75) is 32.1 Å². The first-order valence-electron chi connectivity index (χ1n) is 5.78. The Morgan fingerprint density at radius 2 is 1.76 bits per heavy atom. The van der Waals surface area contributed by atoms with Crippen LogP contribution in [-0.4, -0.2) is 36.0 Å². The summed E-state index contributed by atoms with van der Waals surface area (Å²) < 4.78 is 5.06. The molecule has 0 aliphatic heterocycles. The van der Waals surface area contributed by atoms with Crippen molar-refractivity contribution in [1.82, 2.24) is 5.32 Å². The lowest BCUT2D eigenvalue weighted by Gasteiger charge is -2.21. The van der Waals surface area contributed by atoms with Crippen LogP contribution in [0, 0.1) is 0 Å². The van der Waals surface area contributed by atoms with E-state index in [1.807, 2.05) is 31.2 Å². The summed E-state index contributed by atoms with van der Waals surface area (Å²) in [5.41, 5.74) is 0.830. The highest BCUT2D eigenvalue weighted by Crippen LogP contribution is 2.20. The summed E-state index contributed by atoms with van der Waals surface area (Å²) in [5.74, 6) is 0.769. The van der Waals surface area contributed by atoms with Gasteiger partial charge in [0.1, 0.15) is 5.75 Å². The number of benzene rings is 1. The second-order valence-corrected chi connectivity index (χ2v) is 4.26. The smallest absolute Gasteiger partial charge is 0.118 e. The van der Waals surface area contributed by atoms with E-state index in [-0.39, 0.29) is 6.04 Å². The van der Waals surface area contributed by atoms with Gasteiger partial charge < -0.3 is 20.3 Å². The lowest BCUT2D eigenvalue weighted by atomic mass is 10.0. The minimum Gasteiger partial charge on any atom is -0.497 e. The normalized spacial score (nSPS) is 16.3. The van der Waals surface area contributed by atoms with Crippen LogP contribution < -0.4 is 10.1 Å². The molecule has 0 saturated heterocycles. The molecule has 0 aromatic heterocycles. The van der Waals surface area contributed by atoms with Gasteiger partial charge in [0.15, 0.2) is 0 Å². The molecule has 0 saturated carbocycles. The van der Waals surface area contributed by atoms with Crippen molar-refractivity contribution in [1.29, 1.82) is 0 Å². The molecule has 17 heavy (non-hydrogen) atoms. The van der Waals surface area contributed by atoms with Gasteiger partial charge in [-0.2, -0.15) is 0 Å². The van der Waals surface area contributed by atoms with Crippen molar-refractivity contribution in [3.05, 3.63) is 29.8 Å². The quantitative estimate of drug-likeness (QED) is 0.695. The number of aliphatic hydroxyl groups is 2. The summed E-state index contributed by atoms with van der Waals surface area (Å²) in [6, 6.07) is 7.20. The summed E-state index contributed by atoms with van der Waals surface area (Å²) in [5, 5.41) is 22.3. The van der Waals surface area contributed by atoms with Crippen molar-refractivity contribution in [2.24, 2.45) is 0 Å². The average Bonchev–Trinajstić information content (AvgIpc) is 2.35. The first-order valence-corrected chi connectivity index (χ1v) is 5.78. The molecule has 3 N–H and O–H groups in total. The second-order valence-electron chi connectivity index (χ2n) is 4.26. The molecule has 0 spiro atoms. The lowest BCUT2D eigenvalue weighted by Crippen LogP contribution is -2.36. The minimum absolute atomic E-state index is 0.113. The number of ether oxygens (including phenoxy) is 1. The molecule has 0 aliphatic rings. The molecule has 0 aliphatic carbocycles. The highest BCUT2D eigenvalue weighted by Gasteiger charge is 2.16. The van der Waals surface area contributed by atoms with E-state index < -0.39 is 12.2 Å². The molecule has 1 aromatic rings. The van der Waals surface area contributed by atoms with Gasteiger partial charge in [0.05, 0.1) is 19.3 Å². The molecule has 1 aromatic carbocycles. The predicted octanol–water partition coefficient (Wildman–Crippen LogP) is 1.09. The largest absolute Gasteiger partial charge is 0.497 e. The highest BCUT2D eigenvalue weighted by molar-refractivity contribution is 5.28. The average molecular weight is 239 g/mol. The fraction of sp³-hybridized carbons (Fsp3) is 0.538.